The Morgan fingerprint density at radius 2 is 1.97 bits per heavy atom. The van der Waals surface area contributed by atoms with Gasteiger partial charge in [0.1, 0.15) is 11.2 Å². The van der Waals surface area contributed by atoms with Crippen LogP contribution in [0.4, 0.5) is 10.1 Å². The fraction of sp³-hybridized carbons (Fsp3) is 0.520. The fourth-order valence-electron chi connectivity index (χ4n) is 7.00. The molecule has 182 valence electrons. The lowest BCUT2D eigenvalue weighted by atomic mass is 9.51. The number of anilines is 1. The van der Waals surface area contributed by atoms with E-state index in [2.05, 4.69) is 20.9 Å². The van der Waals surface area contributed by atoms with Crippen molar-refractivity contribution in [2.45, 2.75) is 43.2 Å². The van der Waals surface area contributed by atoms with Crippen molar-refractivity contribution in [2.24, 2.45) is 11.3 Å². The summed E-state index contributed by atoms with van der Waals surface area (Å²) in [6.07, 6.45) is 4.97. The summed E-state index contributed by atoms with van der Waals surface area (Å²) in [4.78, 5) is 29.8. The van der Waals surface area contributed by atoms with Gasteiger partial charge < -0.3 is 15.5 Å². The number of likely N-dealkylation sites (N-methyl/N-ethyl adjacent to an activating group) is 1. The van der Waals surface area contributed by atoms with Crippen LogP contribution in [0, 0.1) is 11.3 Å². The van der Waals surface area contributed by atoms with Crippen molar-refractivity contribution in [1.29, 1.82) is 0 Å². The lowest BCUT2D eigenvalue weighted by molar-refractivity contribution is -0.129. The molecule has 6 nitrogen and oxygen atoms in total. The van der Waals surface area contributed by atoms with Crippen LogP contribution in [-0.4, -0.2) is 55.5 Å². The Labute approximate surface area is 208 Å². The SMILES string of the molecule is CNC(=O)[C@@H]1NC2(CCN(C)CC2)[C@@]2(C(=O)Nc3cc(Cl)ccc32)[C@H]1C1(C)CC=CC(Cl)=C1F. The predicted octanol–water partition coefficient (Wildman–Crippen LogP) is 3.71. The van der Waals surface area contributed by atoms with Gasteiger partial charge in [0.2, 0.25) is 11.8 Å². The van der Waals surface area contributed by atoms with Crippen molar-refractivity contribution in [3.8, 4) is 0 Å². The van der Waals surface area contributed by atoms with Crippen molar-refractivity contribution < 1.29 is 14.0 Å². The molecule has 0 bridgehead atoms. The van der Waals surface area contributed by atoms with Gasteiger partial charge in [-0.15, -0.1) is 0 Å². The molecule has 3 N–H and O–H groups in total. The highest BCUT2D eigenvalue weighted by molar-refractivity contribution is 6.31. The molecule has 1 unspecified atom stereocenters. The van der Waals surface area contributed by atoms with Crippen molar-refractivity contribution in [2.75, 3.05) is 32.5 Å². The van der Waals surface area contributed by atoms with E-state index in [1.807, 2.05) is 19.2 Å². The van der Waals surface area contributed by atoms with Crippen molar-refractivity contribution in [1.82, 2.24) is 15.5 Å². The molecule has 1 aliphatic carbocycles. The molecular weight excluding hydrogens is 478 g/mol. The first kappa shape index (κ1) is 23.8. The number of amides is 2. The number of likely N-dealkylation sites (tertiary alicyclic amines) is 1. The number of benzene rings is 1. The Morgan fingerprint density at radius 3 is 2.65 bits per heavy atom. The number of allylic oxidation sites excluding steroid dienone is 4. The van der Waals surface area contributed by atoms with E-state index in [-0.39, 0.29) is 16.8 Å². The number of halogens is 3. The topological polar surface area (TPSA) is 73.5 Å². The lowest BCUT2D eigenvalue weighted by Crippen LogP contribution is -2.64. The number of carbonyl (C=O) groups excluding carboxylic acids is 2. The fourth-order valence-corrected chi connectivity index (χ4v) is 7.47. The summed E-state index contributed by atoms with van der Waals surface area (Å²) in [6, 6.07) is 4.56. The van der Waals surface area contributed by atoms with E-state index in [1.165, 1.54) is 0 Å². The van der Waals surface area contributed by atoms with Gasteiger partial charge >= 0.3 is 0 Å². The molecular formula is C25H29Cl2FN4O2. The van der Waals surface area contributed by atoms with Gasteiger partial charge in [0.15, 0.2) is 0 Å². The lowest BCUT2D eigenvalue weighted by Gasteiger charge is -2.51. The summed E-state index contributed by atoms with van der Waals surface area (Å²) >= 11 is 12.6. The van der Waals surface area contributed by atoms with E-state index >= 15 is 4.39 Å². The van der Waals surface area contributed by atoms with Gasteiger partial charge in [-0.05, 0) is 63.2 Å². The zero-order valence-corrected chi connectivity index (χ0v) is 21.0. The highest BCUT2D eigenvalue weighted by atomic mass is 35.5. The summed E-state index contributed by atoms with van der Waals surface area (Å²) < 4.78 is 16.0. The van der Waals surface area contributed by atoms with E-state index in [9.17, 15) is 9.59 Å². The molecule has 2 saturated heterocycles. The molecule has 5 rings (SSSR count). The molecule has 4 aliphatic rings. The maximum Gasteiger partial charge on any atom is 0.237 e. The summed E-state index contributed by atoms with van der Waals surface area (Å²) in [5.41, 5.74) is -1.75. The van der Waals surface area contributed by atoms with E-state index in [4.69, 9.17) is 23.2 Å². The zero-order chi connectivity index (χ0) is 24.5. The molecule has 0 aromatic heterocycles. The van der Waals surface area contributed by atoms with Gasteiger partial charge in [-0.2, -0.15) is 0 Å². The molecule has 9 heteroatoms. The van der Waals surface area contributed by atoms with Crippen molar-refractivity contribution >= 4 is 40.7 Å². The van der Waals surface area contributed by atoms with Crippen LogP contribution in [0.3, 0.4) is 0 Å². The molecule has 0 saturated carbocycles. The van der Waals surface area contributed by atoms with Crippen LogP contribution in [0.1, 0.15) is 31.7 Å². The molecule has 3 heterocycles. The largest absolute Gasteiger partial charge is 0.358 e. The van der Waals surface area contributed by atoms with Gasteiger partial charge in [-0.3, -0.25) is 14.9 Å². The zero-order valence-electron chi connectivity index (χ0n) is 19.5. The Balaban J connectivity index is 1.83. The number of rotatable bonds is 2. The Hall–Kier alpha value is -1.93. The molecule has 1 aromatic carbocycles. The number of piperidine rings is 1. The Morgan fingerprint density at radius 1 is 1.26 bits per heavy atom. The monoisotopic (exact) mass is 506 g/mol. The second-order valence-electron chi connectivity index (χ2n) is 10.2. The van der Waals surface area contributed by atoms with Gasteiger partial charge in [-0.1, -0.05) is 42.3 Å². The molecule has 2 amide bonds. The third-order valence-corrected chi connectivity index (χ3v) is 9.10. The first-order chi connectivity index (χ1) is 16.1. The van der Waals surface area contributed by atoms with Gasteiger partial charge in [0.05, 0.1) is 11.1 Å². The Kier molecular flexibility index (Phi) is 5.63. The van der Waals surface area contributed by atoms with E-state index < -0.39 is 34.2 Å². The first-order valence-corrected chi connectivity index (χ1v) is 12.4. The number of carbonyl (C=O) groups is 2. The van der Waals surface area contributed by atoms with Gasteiger partial charge in [-0.25, -0.2) is 4.39 Å². The van der Waals surface area contributed by atoms with Crippen LogP contribution in [0.15, 0.2) is 41.2 Å². The van der Waals surface area contributed by atoms with Crippen LogP contribution in [0.2, 0.25) is 5.02 Å². The third-order valence-electron chi connectivity index (χ3n) is 8.57. The number of fused-ring (bicyclic) bond motifs is 3. The first-order valence-electron chi connectivity index (χ1n) is 11.6. The van der Waals surface area contributed by atoms with Crippen LogP contribution in [0.5, 0.6) is 0 Å². The minimum absolute atomic E-state index is 0.0126. The molecule has 0 radical (unpaired) electrons. The van der Waals surface area contributed by atoms with Crippen LogP contribution in [0.25, 0.3) is 0 Å². The average Bonchev–Trinajstić information content (AvgIpc) is 3.27. The summed E-state index contributed by atoms with van der Waals surface area (Å²) in [7, 11) is 3.61. The maximum atomic E-state index is 16.0. The van der Waals surface area contributed by atoms with Crippen LogP contribution in [-0.2, 0) is 15.0 Å². The van der Waals surface area contributed by atoms with Gasteiger partial charge in [0.25, 0.3) is 0 Å². The Bertz CT molecular complexity index is 1130. The van der Waals surface area contributed by atoms with E-state index in [0.29, 0.717) is 30.0 Å². The quantitative estimate of drug-likeness (QED) is 0.571. The molecule has 1 aromatic rings. The number of hydrogen-bond donors (Lipinski definition) is 3. The second kappa shape index (κ2) is 8.05. The smallest absolute Gasteiger partial charge is 0.237 e. The normalized spacial score (nSPS) is 34.6. The van der Waals surface area contributed by atoms with E-state index in [0.717, 1.165) is 18.7 Å². The van der Waals surface area contributed by atoms with Crippen LogP contribution < -0.4 is 16.0 Å². The molecule has 2 fully saturated rings. The van der Waals surface area contributed by atoms with Crippen molar-refractivity contribution in [3.63, 3.8) is 0 Å². The third kappa shape index (κ3) is 3.00. The summed E-state index contributed by atoms with van der Waals surface area (Å²) in [5, 5.41) is 9.92. The highest BCUT2D eigenvalue weighted by Crippen LogP contribution is 2.65. The predicted molar refractivity (Wildman–Crippen MR) is 132 cm³/mol. The molecule has 2 spiro atoms. The number of nitrogens with zero attached hydrogens (tertiary/aromatic N) is 1. The summed E-state index contributed by atoms with van der Waals surface area (Å²) in [5.74, 6) is -1.71. The number of hydrogen-bond acceptors (Lipinski definition) is 4. The molecule has 34 heavy (non-hydrogen) atoms. The van der Waals surface area contributed by atoms with Crippen LogP contribution >= 0.6 is 23.2 Å². The second-order valence-corrected chi connectivity index (χ2v) is 11.1. The average molecular weight is 507 g/mol. The number of nitrogens with one attached hydrogen (secondary N) is 3. The van der Waals surface area contributed by atoms with Crippen molar-refractivity contribution in [3.05, 3.63) is 51.8 Å². The minimum Gasteiger partial charge on any atom is -0.358 e. The van der Waals surface area contributed by atoms with Gasteiger partial charge in [0, 0.05) is 34.6 Å². The van der Waals surface area contributed by atoms with E-state index in [1.54, 1.807) is 32.2 Å². The maximum absolute atomic E-state index is 16.0. The standard InChI is InChI=1S/C25H29Cl2FN4O2/c1-23(8-4-5-16(27)20(23)28)19-18(21(33)29-2)31-24(9-11-32(3)12-10-24)25(19)15-7-6-14(26)13-17(15)30-22(25)34/h4-7,13,18-19,31H,8-12H2,1-3H3,(H,29,33)(H,30,34)/t18-,19-,23?,25-/m1/s1. The highest BCUT2D eigenvalue weighted by Gasteiger charge is 2.75. The summed E-state index contributed by atoms with van der Waals surface area (Å²) in [6.45, 7) is 3.27. The minimum atomic E-state index is -1.19. The molecule has 4 atom stereocenters. The molecule has 3 aliphatic heterocycles.